The lowest BCUT2D eigenvalue weighted by Crippen LogP contribution is -2.30. The second kappa shape index (κ2) is 6.80. The third kappa shape index (κ3) is 3.02. The first-order valence-corrected chi connectivity index (χ1v) is 6.98. The van der Waals surface area contributed by atoms with Gasteiger partial charge in [-0.05, 0) is 28.8 Å². The molecule has 1 heterocycles. The SMILES string of the molecule is CCC(CC)(OC)c1nc(Cl)c(Br)c(COC)n1. The van der Waals surface area contributed by atoms with E-state index in [9.17, 15) is 0 Å². The van der Waals surface area contributed by atoms with Crippen molar-refractivity contribution in [2.75, 3.05) is 14.2 Å². The summed E-state index contributed by atoms with van der Waals surface area (Å²) in [5.41, 5.74) is 0.239. The Morgan fingerprint density at radius 1 is 1.22 bits per heavy atom. The first-order valence-electron chi connectivity index (χ1n) is 5.81. The van der Waals surface area contributed by atoms with Crippen molar-refractivity contribution in [3.8, 4) is 0 Å². The summed E-state index contributed by atoms with van der Waals surface area (Å²) in [6.45, 7) is 4.47. The maximum Gasteiger partial charge on any atom is 0.162 e. The summed E-state index contributed by atoms with van der Waals surface area (Å²) in [5, 5.41) is 0.385. The number of rotatable bonds is 6. The third-order valence-electron chi connectivity index (χ3n) is 3.10. The van der Waals surface area contributed by atoms with Crippen LogP contribution in [-0.4, -0.2) is 24.2 Å². The minimum absolute atomic E-state index is 0.378. The molecule has 1 aromatic rings. The fourth-order valence-electron chi connectivity index (χ4n) is 1.85. The van der Waals surface area contributed by atoms with Crippen LogP contribution in [0.3, 0.4) is 0 Å². The van der Waals surface area contributed by atoms with Gasteiger partial charge in [-0.25, -0.2) is 9.97 Å². The van der Waals surface area contributed by atoms with Gasteiger partial charge in [-0.2, -0.15) is 0 Å². The second-order valence-electron chi connectivity index (χ2n) is 3.94. The molecule has 0 saturated heterocycles. The molecule has 0 saturated carbocycles. The standard InChI is InChI=1S/C12H18BrClN2O2/c1-5-12(6-2,18-4)11-15-8(7-17-3)9(13)10(14)16-11/h5-7H2,1-4H3. The van der Waals surface area contributed by atoms with E-state index in [0.29, 0.717) is 22.1 Å². The number of aromatic nitrogens is 2. The molecule has 0 aliphatic heterocycles. The number of methoxy groups -OCH3 is 2. The summed E-state index contributed by atoms with van der Waals surface area (Å²) in [5.74, 6) is 0.607. The van der Waals surface area contributed by atoms with Crippen LogP contribution in [0.2, 0.25) is 5.15 Å². The van der Waals surface area contributed by atoms with Crippen LogP contribution in [0.25, 0.3) is 0 Å². The molecule has 1 aromatic heterocycles. The molecule has 0 amide bonds. The van der Waals surface area contributed by atoms with E-state index < -0.39 is 5.60 Å². The first kappa shape index (κ1) is 15.8. The smallest absolute Gasteiger partial charge is 0.162 e. The van der Waals surface area contributed by atoms with Gasteiger partial charge in [0, 0.05) is 14.2 Å². The third-order valence-corrected chi connectivity index (χ3v) is 4.44. The van der Waals surface area contributed by atoms with Crippen LogP contribution in [0, 0.1) is 0 Å². The predicted octanol–water partition coefficient (Wildman–Crippen LogP) is 3.70. The summed E-state index contributed by atoms with van der Waals surface area (Å²) < 4.78 is 11.4. The van der Waals surface area contributed by atoms with Gasteiger partial charge < -0.3 is 9.47 Å². The predicted molar refractivity (Wildman–Crippen MR) is 74.7 cm³/mol. The molecule has 0 atom stereocenters. The molecule has 0 radical (unpaired) electrons. The van der Waals surface area contributed by atoms with Crippen molar-refractivity contribution in [2.24, 2.45) is 0 Å². The lowest BCUT2D eigenvalue weighted by Gasteiger charge is -2.29. The maximum atomic E-state index is 6.12. The van der Waals surface area contributed by atoms with Crippen LogP contribution in [0.4, 0.5) is 0 Å². The van der Waals surface area contributed by atoms with E-state index in [4.69, 9.17) is 21.1 Å². The maximum absolute atomic E-state index is 6.12. The zero-order chi connectivity index (χ0) is 13.8. The van der Waals surface area contributed by atoms with Crippen LogP contribution in [0.1, 0.15) is 38.2 Å². The van der Waals surface area contributed by atoms with Crippen LogP contribution < -0.4 is 0 Å². The number of ether oxygens (including phenoxy) is 2. The van der Waals surface area contributed by atoms with Gasteiger partial charge >= 0.3 is 0 Å². The molecule has 0 aromatic carbocycles. The molecule has 4 nitrogen and oxygen atoms in total. The highest BCUT2D eigenvalue weighted by Gasteiger charge is 2.32. The quantitative estimate of drug-likeness (QED) is 0.742. The van der Waals surface area contributed by atoms with Crippen molar-refractivity contribution >= 4 is 27.5 Å². The van der Waals surface area contributed by atoms with Crippen molar-refractivity contribution in [2.45, 2.75) is 38.9 Å². The average Bonchev–Trinajstić information content (AvgIpc) is 2.38. The summed E-state index contributed by atoms with van der Waals surface area (Å²) >= 11 is 9.49. The Morgan fingerprint density at radius 2 is 1.83 bits per heavy atom. The van der Waals surface area contributed by atoms with Crippen molar-refractivity contribution in [3.05, 3.63) is 21.1 Å². The highest BCUT2D eigenvalue weighted by Crippen LogP contribution is 2.33. The Morgan fingerprint density at radius 3 is 2.28 bits per heavy atom. The molecule has 6 heteroatoms. The van der Waals surface area contributed by atoms with Crippen LogP contribution in [0.15, 0.2) is 4.47 Å². The summed E-state index contributed by atoms with van der Waals surface area (Å²) in [4.78, 5) is 8.84. The van der Waals surface area contributed by atoms with E-state index in [1.54, 1.807) is 14.2 Å². The van der Waals surface area contributed by atoms with Gasteiger partial charge in [0.15, 0.2) is 5.82 Å². The molecule has 102 valence electrons. The monoisotopic (exact) mass is 336 g/mol. The van der Waals surface area contributed by atoms with Crippen LogP contribution in [0.5, 0.6) is 0 Å². The molecule has 0 unspecified atom stereocenters. The van der Waals surface area contributed by atoms with Gasteiger partial charge in [0.25, 0.3) is 0 Å². The molecule has 1 rings (SSSR count). The highest BCUT2D eigenvalue weighted by atomic mass is 79.9. The van der Waals surface area contributed by atoms with E-state index in [2.05, 4.69) is 25.9 Å². The molecular weight excluding hydrogens is 320 g/mol. The summed E-state index contributed by atoms with van der Waals surface area (Å²) in [7, 11) is 3.29. The Balaban J connectivity index is 3.32. The van der Waals surface area contributed by atoms with E-state index in [1.807, 2.05) is 13.8 Å². The van der Waals surface area contributed by atoms with Crippen molar-refractivity contribution in [3.63, 3.8) is 0 Å². The van der Waals surface area contributed by atoms with E-state index >= 15 is 0 Å². The van der Waals surface area contributed by atoms with Crippen LogP contribution >= 0.6 is 27.5 Å². The van der Waals surface area contributed by atoms with Gasteiger partial charge in [0.2, 0.25) is 0 Å². The fraction of sp³-hybridized carbons (Fsp3) is 0.667. The molecule has 0 aliphatic rings. The number of halogens is 2. The average molecular weight is 338 g/mol. The lowest BCUT2D eigenvalue weighted by atomic mass is 9.96. The number of hydrogen-bond donors (Lipinski definition) is 0. The van der Waals surface area contributed by atoms with Gasteiger partial charge in [-0.1, -0.05) is 25.4 Å². The largest absolute Gasteiger partial charge is 0.378 e. The van der Waals surface area contributed by atoms with E-state index in [-0.39, 0.29) is 0 Å². The lowest BCUT2D eigenvalue weighted by molar-refractivity contribution is -0.0295. The molecule has 0 N–H and O–H groups in total. The van der Waals surface area contributed by atoms with Gasteiger partial charge in [0.1, 0.15) is 10.8 Å². The zero-order valence-corrected chi connectivity index (χ0v) is 13.4. The topological polar surface area (TPSA) is 44.2 Å². The van der Waals surface area contributed by atoms with Gasteiger partial charge in [-0.3, -0.25) is 0 Å². The second-order valence-corrected chi connectivity index (χ2v) is 5.09. The Hall–Kier alpha value is -0.230. The first-order chi connectivity index (χ1) is 8.54. The minimum atomic E-state index is -0.493. The summed E-state index contributed by atoms with van der Waals surface area (Å²) in [6, 6.07) is 0. The van der Waals surface area contributed by atoms with Crippen molar-refractivity contribution < 1.29 is 9.47 Å². The molecule has 0 bridgehead atoms. The Bertz CT molecular complexity index is 403. The molecule has 0 aliphatic carbocycles. The normalized spacial score (nSPS) is 11.9. The minimum Gasteiger partial charge on any atom is -0.378 e. The molecule has 18 heavy (non-hydrogen) atoms. The Kier molecular flexibility index (Phi) is 5.98. The van der Waals surface area contributed by atoms with Crippen molar-refractivity contribution in [1.29, 1.82) is 0 Å². The Labute approximate surface area is 121 Å². The number of nitrogens with zero attached hydrogens (tertiary/aromatic N) is 2. The van der Waals surface area contributed by atoms with Gasteiger partial charge in [0.05, 0.1) is 16.8 Å². The zero-order valence-electron chi connectivity index (χ0n) is 11.1. The molecular formula is C12H18BrClN2O2. The fourth-order valence-corrected chi connectivity index (χ4v) is 2.33. The van der Waals surface area contributed by atoms with E-state index in [1.165, 1.54) is 0 Å². The van der Waals surface area contributed by atoms with Gasteiger partial charge in [-0.15, -0.1) is 0 Å². The van der Waals surface area contributed by atoms with Crippen LogP contribution in [-0.2, 0) is 21.7 Å². The van der Waals surface area contributed by atoms with E-state index in [0.717, 1.165) is 18.5 Å². The highest BCUT2D eigenvalue weighted by molar-refractivity contribution is 9.10. The number of hydrogen-bond acceptors (Lipinski definition) is 4. The molecule has 0 spiro atoms. The van der Waals surface area contributed by atoms with Crippen molar-refractivity contribution in [1.82, 2.24) is 9.97 Å². The summed E-state index contributed by atoms with van der Waals surface area (Å²) in [6.07, 6.45) is 1.56. The molecule has 0 fully saturated rings.